The molecule has 1 N–H and O–H groups in total. The van der Waals surface area contributed by atoms with E-state index in [0.717, 1.165) is 11.2 Å². The smallest absolute Gasteiger partial charge is 0.323 e. The third-order valence-corrected chi connectivity index (χ3v) is 5.77. The van der Waals surface area contributed by atoms with Crippen LogP contribution in [0.1, 0.15) is 6.92 Å². The first kappa shape index (κ1) is 15.7. The number of carboxylic acids is 1. The van der Waals surface area contributed by atoms with E-state index in [9.17, 15) is 17.6 Å². The normalized spacial score (nSPS) is 18.5. The summed E-state index contributed by atoms with van der Waals surface area (Å²) in [7, 11) is -3.86. The molecule has 1 aliphatic rings. The van der Waals surface area contributed by atoms with Crippen molar-refractivity contribution in [3.05, 3.63) is 30.1 Å². The monoisotopic (exact) mass is 316 g/mol. The van der Waals surface area contributed by atoms with E-state index in [1.165, 1.54) is 6.07 Å². The highest BCUT2D eigenvalue weighted by molar-refractivity contribution is 7.90. The molecule has 1 aromatic rings. The first-order chi connectivity index (χ1) is 9.84. The molecule has 6 nitrogen and oxygen atoms in total. The largest absolute Gasteiger partial charge is 0.480 e. The summed E-state index contributed by atoms with van der Waals surface area (Å²) in [4.78, 5) is 12.6. The SMILES string of the molecule is CC(C(=O)O)S(=O)(=O)N1CCN(c2ccccc2F)CC1. The Kier molecular flexibility index (Phi) is 4.48. The van der Waals surface area contributed by atoms with Gasteiger partial charge in [0.1, 0.15) is 5.82 Å². The maximum absolute atomic E-state index is 13.7. The maximum Gasteiger partial charge on any atom is 0.323 e. The van der Waals surface area contributed by atoms with Gasteiger partial charge in [0.15, 0.2) is 5.25 Å². The van der Waals surface area contributed by atoms with E-state index in [4.69, 9.17) is 5.11 Å². The van der Waals surface area contributed by atoms with Crippen molar-refractivity contribution >= 4 is 21.7 Å². The number of benzene rings is 1. The predicted molar refractivity (Wildman–Crippen MR) is 76.2 cm³/mol. The second kappa shape index (κ2) is 5.98. The van der Waals surface area contributed by atoms with Crippen LogP contribution in [0.5, 0.6) is 0 Å². The molecule has 1 saturated heterocycles. The summed E-state index contributed by atoms with van der Waals surface area (Å²) in [6, 6.07) is 6.30. The molecule has 21 heavy (non-hydrogen) atoms. The summed E-state index contributed by atoms with van der Waals surface area (Å²) in [5.74, 6) is -1.72. The Balaban J connectivity index is 2.07. The second-order valence-electron chi connectivity index (χ2n) is 4.86. The van der Waals surface area contributed by atoms with Crippen molar-refractivity contribution in [2.24, 2.45) is 0 Å². The lowest BCUT2D eigenvalue weighted by molar-refractivity contribution is -0.136. The fourth-order valence-electron chi connectivity index (χ4n) is 2.24. The van der Waals surface area contributed by atoms with Gasteiger partial charge in [0.05, 0.1) is 5.69 Å². The maximum atomic E-state index is 13.7. The van der Waals surface area contributed by atoms with Crippen LogP contribution in [0.15, 0.2) is 24.3 Å². The molecule has 0 aromatic heterocycles. The number of carboxylic acid groups (broad SMARTS) is 1. The average molecular weight is 316 g/mol. The summed E-state index contributed by atoms with van der Waals surface area (Å²) in [6.07, 6.45) is 0. The van der Waals surface area contributed by atoms with Gasteiger partial charge < -0.3 is 10.0 Å². The van der Waals surface area contributed by atoms with Crippen LogP contribution in [-0.4, -0.2) is 55.2 Å². The molecule has 0 radical (unpaired) electrons. The van der Waals surface area contributed by atoms with Gasteiger partial charge in [-0.2, -0.15) is 4.31 Å². The number of halogens is 1. The van der Waals surface area contributed by atoms with Crippen LogP contribution in [0, 0.1) is 5.82 Å². The van der Waals surface area contributed by atoms with Crippen molar-refractivity contribution in [3.8, 4) is 0 Å². The molecule has 0 spiro atoms. The van der Waals surface area contributed by atoms with Gasteiger partial charge >= 0.3 is 5.97 Å². The third-order valence-electron chi connectivity index (χ3n) is 3.59. The highest BCUT2D eigenvalue weighted by atomic mass is 32.2. The van der Waals surface area contributed by atoms with Crippen molar-refractivity contribution in [2.75, 3.05) is 31.1 Å². The van der Waals surface area contributed by atoms with Crippen LogP contribution in [0.2, 0.25) is 0 Å². The van der Waals surface area contributed by atoms with Crippen LogP contribution < -0.4 is 4.90 Å². The fourth-order valence-corrected chi connectivity index (χ4v) is 3.62. The number of rotatable bonds is 4. The Morgan fingerprint density at radius 1 is 1.24 bits per heavy atom. The Labute approximate surface area is 122 Å². The highest BCUT2D eigenvalue weighted by Gasteiger charge is 2.35. The summed E-state index contributed by atoms with van der Waals surface area (Å²) in [6.45, 7) is 2.10. The number of hydrogen-bond acceptors (Lipinski definition) is 4. The van der Waals surface area contributed by atoms with Gasteiger partial charge in [0, 0.05) is 26.2 Å². The molecule has 0 saturated carbocycles. The minimum atomic E-state index is -3.86. The molecule has 0 aliphatic carbocycles. The van der Waals surface area contributed by atoms with Crippen molar-refractivity contribution < 1.29 is 22.7 Å². The van der Waals surface area contributed by atoms with Gasteiger partial charge in [-0.05, 0) is 19.1 Å². The first-order valence-electron chi connectivity index (χ1n) is 6.55. The van der Waals surface area contributed by atoms with E-state index in [-0.39, 0.29) is 18.9 Å². The van der Waals surface area contributed by atoms with Crippen LogP contribution in [-0.2, 0) is 14.8 Å². The Hall–Kier alpha value is -1.67. The van der Waals surface area contributed by atoms with E-state index in [0.29, 0.717) is 18.8 Å². The molecule has 1 atom stereocenters. The molecule has 116 valence electrons. The molecule has 1 aromatic carbocycles. The Morgan fingerprint density at radius 3 is 2.33 bits per heavy atom. The van der Waals surface area contributed by atoms with E-state index in [1.807, 2.05) is 0 Å². The zero-order valence-electron chi connectivity index (χ0n) is 11.6. The molecule has 0 amide bonds. The standard InChI is InChI=1S/C13H17FN2O4S/c1-10(13(17)18)21(19,20)16-8-6-15(7-9-16)12-5-3-2-4-11(12)14/h2-5,10H,6-9H2,1H3,(H,17,18). The van der Waals surface area contributed by atoms with Crippen LogP contribution in [0.3, 0.4) is 0 Å². The number of sulfonamides is 1. The van der Waals surface area contributed by atoms with Gasteiger partial charge in [0.2, 0.25) is 10.0 Å². The molecule has 8 heteroatoms. The molecular weight excluding hydrogens is 299 g/mol. The minimum Gasteiger partial charge on any atom is -0.480 e. The number of nitrogens with zero attached hydrogens (tertiary/aromatic N) is 2. The van der Waals surface area contributed by atoms with Crippen molar-refractivity contribution in [1.82, 2.24) is 4.31 Å². The van der Waals surface area contributed by atoms with Gasteiger partial charge in [0.25, 0.3) is 0 Å². The van der Waals surface area contributed by atoms with Crippen LogP contribution in [0.25, 0.3) is 0 Å². The number of carbonyl (C=O) groups is 1. The van der Waals surface area contributed by atoms with Crippen LogP contribution >= 0.6 is 0 Å². The zero-order valence-corrected chi connectivity index (χ0v) is 12.4. The summed E-state index contributed by atoms with van der Waals surface area (Å²) < 4.78 is 39.0. The fraction of sp³-hybridized carbons (Fsp3) is 0.462. The number of piperazine rings is 1. The molecular formula is C13H17FN2O4S. The number of anilines is 1. The van der Waals surface area contributed by atoms with Crippen LogP contribution in [0.4, 0.5) is 10.1 Å². The minimum absolute atomic E-state index is 0.147. The number of hydrogen-bond donors (Lipinski definition) is 1. The van der Waals surface area contributed by atoms with Gasteiger partial charge in [-0.3, -0.25) is 4.79 Å². The third kappa shape index (κ3) is 3.16. The van der Waals surface area contributed by atoms with Crippen molar-refractivity contribution in [1.29, 1.82) is 0 Å². The van der Waals surface area contributed by atoms with Gasteiger partial charge in [-0.15, -0.1) is 0 Å². The molecule has 1 fully saturated rings. The lowest BCUT2D eigenvalue weighted by Gasteiger charge is -2.36. The van der Waals surface area contributed by atoms with E-state index in [1.54, 1.807) is 23.1 Å². The molecule has 1 heterocycles. The van der Waals surface area contributed by atoms with Crippen molar-refractivity contribution in [2.45, 2.75) is 12.2 Å². The molecule has 0 bridgehead atoms. The average Bonchev–Trinajstić information content (AvgIpc) is 2.47. The van der Waals surface area contributed by atoms with E-state index >= 15 is 0 Å². The highest BCUT2D eigenvalue weighted by Crippen LogP contribution is 2.21. The molecule has 1 aliphatic heterocycles. The van der Waals surface area contributed by atoms with Crippen molar-refractivity contribution in [3.63, 3.8) is 0 Å². The topological polar surface area (TPSA) is 77.9 Å². The molecule has 2 rings (SSSR count). The van der Waals surface area contributed by atoms with E-state index < -0.39 is 21.2 Å². The Morgan fingerprint density at radius 2 is 1.81 bits per heavy atom. The zero-order chi connectivity index (χ0) is 15.6. The summed E-state index contributed by atoms with van der Waals surface area (Å²) in [5.41, 5.74) is 0.431. The summed E-state index contributed by atoms with van der Waals surface area (Å²) in [5, 5.41) is 7.37. The number of aliphatic carboxylic acids is 1. The Bertz CT molecular complexity index is 627. The summed E-state index contributed by atoms with van der Waals surface area (Å²) >= 11 is 0. The lowest BCUT2D eigenvalue weighted by atomic mass is 10.2. The van der Waals surface area contributed by atoms with Gasteiger partial charge in [-0.25, -0.2) is 12.8 Å². The predicted octanol–water partition coefficient (Wildman–Crippen LogP) is 0.751. The second-order valence-corrected chi connectivity index (χ2v) is 7.12. The molecule has 1 unspecified atom stereocenters. The lowest BCUT2D eigenvalue weighted by Crippen LogP contribution is -2.52. The number of para-hydroxylation sites is 1. The quantitative estimate of drug-likeness (QED) is 0.887. The first-order valence-corrected chi connectivity index (χ1v) is 8.05. The van der Waals surface area contributed by atoms with E-state index in [2.05, 4.69) is 0 Å². The van der Waals surface area contributed by atoms with Gasteiger partial charge in [-0.1, -0.05) is 12.1 Å².